The minimum absolute atomic E-state index is 0.141. The van der Waals surface area contributed by atoms with Gasteiger partial charge in [0, 0.05) is 18.2 Å². The second-order valence-electron chi connectivity index (χ2n) is 5.63. The Kier molecular flexibility index (Phi) is 5.67. The van der Waals surface area contributed by atoms with Crippen LogP contribution in [0.3, 0.4) is 0 Å². The van der Waals surface area contributed by atoms with Crippen molar-refractivity contribution in [2.24, 2.45) is 5.92 Å². The molecule has 0 radical (unpaired) electrons. The summed E-state index contributed by atoms with van der Waals surface area (Å²) >= 11 is 0. The van der Waals surface area contributed by atoms with Crippen LogP contribution in [0.1, 0.15) is 44.1 Å². The quantitative estimate of drug-likeness (QED) is 0.739. The number of para-hydroxylation sites is 1. The average Bonchev–Trinajstić information content (AvgIpc) is 2.46. The lowest BCUT2D eigenvalue weighted by molar-refractivity contribution is 0.203. The Balaban J connectivity index is 1.80. The van der Waals surface area contributed by atoms with E-state index < -0.39 is 0 Å². The topological polar surface area (TPSA) is 52.5 Å². The second kappa shape index (κ2) is 7.51. The van der Waals surface area contributed by atoms with E-state index in [1.165, 1.54) is 32.1 Å². The molecule has 0 bridgehead atoms. The highest BCUT2D eigenvalue weighted by molar-refractivity contribution is 5.31. The van der Waals surface area contributed by atoms with Gasteiger partial charge < -0.3 is 15.5 Å². The third kappa shape index (κ3) is 4.51. The fraction of sp³-hybridized carbons (Fsp3) is 0.625. The second-order valence-corrected chi connectivity index (χ2v) is 5.63. The molecular formula is C16H25NO2. The van der Waals surface area contributed by atoms with Gasteiger partial charge >= 0.3 is 0 Å². The number of hydrogen-bond donors (Lipinski definition) is 3. The lowest BCUT2D eigenvalue weighted by atomic mass is 9.85. The van der Waals surface area contributed by atoms with Gasteiger partial charge in [0.1, 0.15) is 5.75 Å². The monoisotopic (exact) mass is 263 g/mol. The highest BCUT2D eigenvalue weighted by Crippen LogP contribution is 2.27. The molecule has 1 atom stereocenters. The van der Waals surface area contributed by atoms with Crippen LogP contribution in [0.25, 0.3) is 0 Å². The standard InChI is InChI=1S/C16H25NO2/c18-12-15(10-13-6-2-1-3-7-13)17-11-14-8-4-5-9-16(14)19/h4-5,8-9,13,15,17-19H,1-3,6-7,10-12H2/t15-/m0/s1. The number of nitrogens with one attached hydrogen (secondary N) is 1. The van der Waals surface area contributed by atoms with E-state index in [2.05, 4.69) is 5.32 Å². The predicted molar refractivity (Wildman–Crippen MR) is 77.0 cm³/mol. The normalized spacial score (nSPS) is 18.4. The fourth-order valence-corrected chi connectivity index (χ4v) is 2.96. The minimum atomic E-state index is 0.141. The lowest BCUT2D eigenvalue weighted by Crippen LogP contribution is -2.34. The molecule has 0 unspecified atom stereocenters. The Bertz CT molecular complexity index is 375. The van der Waals surface area contributed by atoms with Crippen LogP contribution in [0.4, 0.5) is 0 Å². The van der Waals surface area contributed by atoms with E-state index in [9.17, 15) is 10.2 Å². The van der Waals surface area contributed by atoms with E-state index in [-0.39, 0.29) is 12.6 Å². The van der Waals surface area contributed by atoms with Gasteiger partial charge in [0.25, 0.3) is 0 Å². The first-order valence-corrected chi connectivity index (χ1v) is 7.40. The van der Waals surface area contributed by atoms with E-state index in [1.807, 2.05) is 18.2 Å². The summed E-state index contributed by atoms with van der Waals surface area (Å²) < 4.78 is 0. The Morgan fingerprint density at radius 3 is 2.58 bits per heavy atom. The predicted octanol–water partition coefficient (Wildman–Crippen LogP) is 2.81. The maximum Gasteiger partial charge on any atom is 0.120 e. The first-order chi connectivity index (χ1) is 9.29. The van der Waals surface area contributed by atoms with Crippen molar-refractivity contribution in [1.29, 1.82) is 0 Å². The number of hydrogen-bond acceptors (Lipinski definition) is 3. The van der Waals surface area contributed by atoms with Gasteiger partial charge in [-0.3, -0.25) is 0 Å². The van der Waals surface area contributed by atoms with Crippen molar-refractivity contribution in [2.75, 3.05) is 6.61 Å². The van der Waals surface area contributed by atoms with Gasteiger partial charge in [-0.2, -0.15) is 0 Å². The van der Waals surface area contributed by atoms with E-state index >= 15 is 0 Å². The van der Waals surface area contributed by atoms with Crippen molar-refractivity contribution in [2.45, 2.75) is 51.1 Å². The highest BCUT2D eigenvalue weighted by atomic mass is 16.3. The van der Waals surface area contributed by atoms with Gasteiger partial charge in [0.15, 0.2) is 0 Å². The third-order valence-electron chi connectivity index (χ3n) is 4.14. The Morgan fingerprint density at radius 2 is 1.89 bits per heavy atom. The molecule has 0 saturated heterocycles. The summed E-state index contributed by atoms with van der Waals surface area (Å²) in [7, 11) is 0. The van der Waals surface area contributed by atoms with Gasteiger partial charge in [-0.15, -0.1) is 0 Å². The Hall–Kier alpha value is -1.06. The van der Waals surface area contributed by atoms with Crippen LogP contribution in [0.15, 0.2) is 24.3 Å². The average molecular weight is 263 g/mol. The SMILES string of the molecule is OC[C@H](CC1CCCCC1)NCc1ccccc1O. The Morgan fingerprint density at radius 1 is 1.16 bits per heavy atom. The van der Waals surface area contributed by atoms with Crippen molar-refractivity contribution < 1.29 is 10.2 Å². The number of aromatic hydroxyl groups is 1. The van der Waals surface area contributed by atoms with E-state index in [4.69, 9.17) is 0 Å². The van der Waals surface area contributed by atoms with Crippen LogP contribution in [-0.4, -0.2) is 22.9 Å². The zero-order valence-electron chi connectivity index (χ0n) is 11.5. The molecule has 2 rings (SSSR count). The molecule has 3 nitrogen and oxygen atoms in total. The fourth-order valence-electron chi connectivity index (χ4n) is 2.96. The molecule has 106 valence electrons. The molecule has 0 amide bonds. The van der Waals surface area contributed by atoms with Crippen LogP contribution in [0.2, 0.25) is 0 Å². The summed E-state index contributed by atoms with van der Waals surface area (Å²) in [6.45, 7) is 0.786. The van der Waals surface area contributed by atoms with Gasteiger partial charge in [-0.05, 0) is 18.4 Å². The maximum atomic E-state index is 9.72. The number of rotatable bonds is 6. The van der Waals surface area contributed by atoms with Crippen molar-refractivity contribution in [3.8, 4) is 5.75 Å². The van der Waals surface area contributed by atoms with Crippen LogP contribution in [0, 0.1) is 5.92 Å². The first kappa shape index (κ1) is 14.4. The van der Waals surface area contributed by atoms with Crippen LogP contribution >= 0.6 is 0 Å². The molecule has 3 heteroatoms. The molecule has 0 aromatic heterocycles. The molecule has 3 N–H and O–H groups in total. The smallest absolute Gasteiger partial charge is 0.120 e. The maximum absolute atomic E-state index is 9.72. The summed E-state index contributed by atoms with van der Waals surface area (Å²) in [5, 5.41) is 22.6. The molecule has 1 aromatic carbocycles. The number of phenolic OH excluding ortho intramolecular Hbond substituents is 1. The summed E-state index contributed by atoms with van der Waals surface area (Å²) in [5.41, 5.74) is 0.893. The summed E-state index contributed by atoms with van der Waals surface area (Å²) in [4.78, 5) is 0. The Labute approximate surface area is 115 Å². The van der Waals surface area contributed by atoms with Crippen LogP contribution in [-0.2, 0) is 6.54 Å². The number of phenols is 1. The van der Waals surface area contributed by atoms with Crippen molar-refractivity contribution in [3.63, 3.8) is 0 Å². The summed E-state index contributed by atoms with van der Waals surface area (Å²) in [6, 6.07) is 7.50. The first-order valence-electron chi connectivity index (χ1n) is 7.40. The van der Waals surface area contributed by atoms with Crippen molar-refractivity contribution in [1.82, 2.24) is 5.32 Å². The lowest BCUT2D eigenvalue weighted by Gasteiger charge is -2.26. The minimum Gasteiger partial charge on any atom is -0.508 e. The summed E-state index contributed by atoms with van der Waals surface area (Å²) in [6.07, 6.45) is 7.68. The van der Waals surface area contributed by atoms with Crippen molar-refractivity contribution >= 4 is 0 Å². The largest absolute Gasteiger partial charge is 0.508 e. The van der Waals surface area contributed by atoms with Crippen molar-refractivity contribution in [3.05, 3.63) is 29.8 Å². The van der Waals surface area contributed by atoms with Gasteiger partial charge in [0.2, 0.25) is 0 Å². The van der Waals surface area contributed by atoms with Gasteiger partial charge in [-0.25, -0.2) is 0 Å². The highest BCUT2D eigenvalue weighted by Gasteiger charge is 2.18. The van der Waals surface area contributed by atoms with Crippen LogP contribution in [0.5, 0.6) is 5.75 Å². The molecule has 0 spiro atoms. The molecule has 1 saturated carbocycles. The van der Waals surface area contributed by atoms with Gasteiger partial charge in [-0.1, -0.05) is 50.3 Å². The van der Waals surface area contributed by atoms with E-state index in [0.717, 1.165) is 17.9 Å². The molecule has 1 aliphatic rings. The molecule has 1 aliphatic carbocycles. The zero-order chi connectivity index (χ0) is 13.5. The van der Waals surface area contributed by atoms with E-state index in [1.54, 1.807) is 6.07 Å². The molecule has 19 heavy (non-hydrogen) atoms. The number of aliphatic hydroxyl groups excluding tert-OH is 1. The number of benzene rings is 1. The van der Waals surface area contributed by atoms with E-state index in [0.29, 0.717) is 12.3 Å². The third-order valence-corrected chi connectivity index (χ3v) is 4.14. The summed E-state index contributed by atoms with van der Waals surface area (Å²) in [5.74, 6) is 1.08. The number of aliphatic hydroxyl groups is 1. The van der Waals surface area contributed by atoms with Crippen LogP contribution < -0.4 is 5.32 Å². The molecular weight excluding hydrogens is 238 g/mol. The zero-order valence-corrected chi connectivity index (χ0v) is 11.5. The van der Waals surface area contributed by atoms with Gasteiger partial charge in [0.05, 0.1) is 6.61 Å². The molecule has 0 aliphatic heterocycles. The molecule has 0 heterocycles. The molecule has 1 fully saturated rings. The molecule has 1 aromatic rings.